The fourth-order valence-corrected chi connectivity index (χ4v) is 2.50. The highest BCUT2D eigenvalue weighted by atomic mass is 16.3. The molecule has 3 N–H and O–H groups in total. The highest BCUT2D eigenvalue weighted by Crippen LogP contribution is 2.26. The average molecular weight is 286 g/mol. The molecule has 0 unspecified atom stereocenters. The number of carbonyl (C=O) groups excluding carboxylic acids is 1. The van der Waals surface area contributed by atoms with Gasteiger partial charge in [0.15, 0.2) is 0 Å². The van der Waals surface area contributed by atoms with Crippen LogP contribution in [0.3, 0.4) is 0 Å². The van der Waals surface area contributed by atoms with Crippen molar-refractivity contribution in [2.45, 2.75) is 32.2 Å². The van der Waals surface area contributed by atoms with Gasteiger partial charge in [0.25, 0.3) is 5.91 Å². The number of carbonyl (C=O) groups is 1. The largest absolute Gasteiger partial charge is 0.395 e. The lowest BCUT2D eigenvalue weighted by Crippen LogP contribution is -2.45. The molecule has 4 heteroatoms. The van der Waals surface area contributed by atoms with Gasteiger partial charge in [0.1, 0.15) is 0 Å². The monoisotopic (exact) mass is 286 g/mol. The summed E-state index contributed by atoms with van der Waals surface area (Å²) < 4.78 is 0. The maximum atomic E-state index is 12.8. The van der Waals surface area contributed by atoms with Crippen molar-refractivity contribution >= 4 is 5.91 Å². The Morgan fingerprint density at radius 2 is 2.24 bits per heavy atom. The zero-order chi connectivity index (χ0) is 15.2. The molecule has 21 heavy (non-hydrogen) atoms. The highest BCUT2D eigenvalue weighted by Gasteiger charge is 2.29. The number of aliphatic hydroxyl groups excluding tert-OH is 1. The van der Waals surface area contributed by atoms with E-state index in [1.54, 1.807) is 4.90 Å². The molecule has 0 bridgehead atoms. The Morgan fingerprint density at radius 3 is 2.81 bits per heavy atom. The lowest BCUT2D eigenvalue weighted by molar-refractivity contribution is 0.0525. The minimum Gasteiger partial charge on any atom is -0.395 e. The summed E-state index contributed by atoms with van der Waals surface area (Å²) in [6.07, 6.45) is 3.18. The third-order valence-corrected chi connectivity index (χ3v) is 3.85. The van der Waals surface area contributed by atoms with Crippen molar-refractivity contribution in [2.75, 3.05) is 19.7 Å². The quantitative estimate of drug-likeness (QED) is 0.820. The fraction of sp³-hybridized carbons (Fsp3) is 0.471. The van der Waals surface area contributed by atoms with Gasteiger partial charge in [-0.25, -0.2) is 0 Å². The van der Waals surface area contributed by atoms with Crippen molar-refractivity contribution in [1.82, 2.24) is 4.90 Å². The Labute approximate surface area is 125 Å². The van der Waals surface area contributed by atoms with Crippen molar-refractivity contribution < 1.29 is 9.90 Å². The molecule has 1 fully saturated rings. The van der Waals surface area contributed by atoms with Crippen molar-refractivity contribution in [3.8, 4) is 11.8 Å². The molecule has 1 saturated carbocycles. The number of rotatable bonds is 4. The Morgan fingerprint density at radius 1 is 1.48 bits per heavy atom. The van der Waals surface area contributed by atoms with Crippen LogP contribution < -0.4 is 5.73 Å². The lowest BCUT2D eigenvalue weighted by Gasteiger charge is -2.37. The van der Waals surface area contributed by atoms with Crippen LogP contribution in [0, 0.1) is 18.8 Å². The van der Waals surface area contributed by atoms with E-state index < -0.39 is 0 Å². The van der Waals surface area contributed by atoms with Crippen molar-refractivity contribution in [2.24, 2.45) is 5.73 Å². The molecule has 0 radical (unpaired) electrons. The van der Waals surface area contributed by atoms with Gasteiger partial charge in [0.05, 0.1) is 18.7 Å². The number of aryl methyl sites for hydroxylation is 1. The summed E-state index contributed by atoms with van der Waals surface area (Å²) in [5.41, 5.74) is 7.75. The Hall–Kier alpha value is -1.83. The van der Waals surface area contributed by atoms with E-state index in [9.17, 15) is 9.90 Å². The van der Waals surface area contributed by atoms with Gasteiger partial charge in [0.2, 0.25) is 0 Å². The van der Waals surface area contributed by atoms with Crippen LogP contribution >= 0.6 is 0 Å². The van der Waals surface area contributed by atoms with Crippen LogP contribution in [0.5, 0.6) is 0 Å². The Balaban J connectivity index is 2.33. The van der Waals surface area contributed by atoms with E-state index in [4.69, 9.17) is 5.73 Å². The predicted octanol–water partition coefficient (Wildman–Crippen LogP) is 1.29. The van der Waals surface area contributed by atoms with Gasteiger partial charge >= 0.3 is 0 Å². The van der Waals surface area contributed by atoms with Gasteiger partial charge in [-0.1, -0.05) is 23.5 Å². The first-order valence-electron chi connectivity index (χ1n) is 7.38. The number of benzene rings is 1. The van der Waals surface area contributed by atoms with Gasteiger partial charge in [-0.3, -0.25) is 4.79 Å². The van der Waals surface area contributed by atoms with Crippen LogP contribution in [-0.4, -0.2) is 41.7 Å². The first-order valence-corrected chi connectivity index (χ1v) is 7.38. The van der Waals surface area contributed by atoms with Gasteiger partial charge < -0.3 is 15.7 Å². The van der Waals surface area contributed by atoms with Crippen LogP contribution in [0.15, 0.2) is 18.2 Å². The van der Waals surface area contributed by atoms with Crippen molar-refractivity contribution in [3.05, 3.63) is 34.9 Å². The summed E-state index contributed by atoms with van der Waals surface area (Å²) in [5, 5.41) is 9.23. The number of nitrogens with two attached hydrogens (primary N) is 1. The summed E-state index contributed by atoms with van der Waals surface area (Å²) in [7, 11) is 0. The van der Waals surface area contributed by atoms with Crippen LogP contribution in [0.2, 0.25) is 0 Å². The molecule has 0 aliphatic heterocycles. The van der Waals surface area contributed by atoms with Crippen LogP contribution in [0.25, 0.3) is 0 Å². The SMILES string of the molecule is Cc1ccc(C#CCN)c(C(=O)N(CCO)C2CCC2)c1. The van der Waals surface area contributed by atoms with E-state index in [-0.39, 0.29) is 25.1 Å². The fourth-order valence-electron chi connectivity index (χ4n) is 2.50. The van der Waals surface area contributed by atoms with E-state index in [1.165, 1.54) is 0 Å². The maximum absolute atomic E-state index is 12.8. The molecule has 2 rings (SSSR count). The second-order valence-corrected chi connectivity index (χ2v) is 5.36. The number of hydrogen-bond acceptors (Lipinski definition) is 3. The number of aliphatic hydroxyl groups is 1. The van der Waals surface area contributed by atoms with Crippen LogP contribution in [0.4, 0.5) is 0 Å². The van der Waals surface area contributed by atoms with E-state index >= 15 is 0 Å². The van der Waals surface area contributed by atoms with Crippen molar-refractivity contribution in [1.29, 1.82) is 0 Å². The molecule has 0 spiro atoms. The number of nitrogens with zero attached hydrogens (tertiary/aromatic N) is 1. The predicted molar refractivity (Wildman–Crippen MR) is 82.9 cm³/mol. The van der Waals surface area contributed by atoms with Crippen LogP contribution in [-0.2, 0) is 0 Å². The maximum Gasteiger partial charge on any atom is 0.255 e. The minimum absolute atomic E-state index is 0.0160. The molecule has 1 aliphatic rings. The summed E-state index contributed by atoms with van der Waals surface area (Å²) in [5.74, 6) is 5.73. The van der Waals surface area contributed by atoms with E-state index in [0.29, 0.717) is 17.7 Å². The highest BCUT2D eigenvalue weighted by molar-refractivity contribution is 5.97. The Bertz CT molecular complexity index is 568. The lowest BCUT2D eigenvalue weighted by atomic mass is 9.90. The summed E-state index contributed by atoms with van der Waals surface area (Å²) >= 11 is 0. The van der Waals surface area contributed by atoms with Gasteiger partial charge in [-0.15, -0.1) is 0 Å². The number of hydrogen-bond donors (Lipinski definition) is 2. The summed E-state index contributed by atoms with van der Waals surface area (Å²) in [6.45, 7) is 2.58. The van der Waals surface area contributed by atoms with E-state index in [0.717, 1.165) is 24.8 Å². The van der Waals surface area contributed by atoms with E-state index in [1.807, 2.05) is 25.1 Å². The standard InChI is InChI=1S/C17H22N2O2/c1-13-7-8-14(4-3-9-18)16(12-13)17(21)19(10-11-20)15-5-2-6-15/h7-8,12,15,20H,2,5-6,9-11,18H2,1H3. The average Bonchev–Trinajstić information content (AvgIpc) is 2.43. The van der Waals surface area contributed by atoms with E-state index in [2.05, 4.69) is 11.8 Å². The molecular formula is C17H22N2O2. The molecule has 0 heterocycles. The molecule has 0 saturated heterocycles. The van der Waals surface area contributed by atoms with Gasteiger partial charge in [-0.2, -0.15) is 0 Å². The van der Waals surface area contributed by atoms with Crippen molar-refractivity contribution in [3.63, 3.8) is 0 Å². The minimum atomic E-state index is -0.0428. The molecule has 1 aromatic carbocycles. The molecule has 1 aromatic rings. The smallest absolute Gasteiger partial charge is 0.255 e. The normalized spacial score (nSPS) is 14.0. The first-order chi connectivity index (χ1) is 10.2. The van der Waals surface area contributed by atoms with Crippen LogP contribution in [0.1, 0.15) is 40.7 Å². The molecule has 0 aromatic heterocycles. The molecule has 4 nitrogen and oxygen atoms in total. The van der Waals surface area contributed by atoms with Gasteiger partial charge in [0, 0.05) is 18.2 Å². The zero-order valence-corrected chi connectivity index (χ0v) is 12.4. The second kappa shape index (κ2) is 7.26. The molecule has 1 aliphatic carbocycles. The number of amides is 1. The second-order valence-electron chi connectivity index (χ2n) is 5.36. The first kappa shape index (κ1) is 15.6. The third kappa shape index (κ3) is 3.63. The topological polar surface area (TPSA) is 66.6 Å². The molecule has 1 amide bonds. The zero-order valence-electron chi connectivity index (χ0n) is 12.4. The molecular weight excluding hydrogens is 264 g/mol. The summed E-state index contributed by atoms with van der Waals surface area (Å²) in [6, 6.07) is 5.92. The molecule has 0 atom stereocenters. The summed E-state index contributed by atoms with van der Waals surface area (Å²) in [4.78, 5) is 14.6. The molecule has 112 valence electrons. The Kier molecular flexibility index (Phi) is 5.38. The van der Waals surface area contributed by atoms with Gasteiger partial charge in [-0.05, 0) is 38.3 Å². The third-order valence-electron chi connectivity index (χ3n) is 3.85.